The fourth-order valence-electron chi connectivity index (χ4n) is 1.50. The number of halogens is 1. The second-order valence-corrected chi connectivity index (χ2v) is 4.86. The van der Waals surface area contributed by atoms with Crippen molar-refractivity contribution in [3.63, 3.8) is 0 Å². The fourth-order valence-corrected chi connectivity index (χ4v) is 1.85. The molecule has 2 rings (SSSR count). The van der Waals surface area contributed by atoms with Crippen LogP contribution in [-0.2, 0) is 0 Å². The molecule has 0 unspecified atom stereocenters. The van der Waals surface area contributed by atoms with Gasteiger partial charge < -0.3 is 15.2 Å². The van der Waals surface area contributed by atoms with Gasteiger partial charge in [0.15, 0.2) is 11.5 Å². The molecule has 19 heavy (non-hydrogen) atoms. The highest BCUT2D eigenvalue weighted by atomic mass is 79.9. The van der Waals surface area contributed by atoms with Crippen LogP contribution in [0.5, 0.6) is 17.4 Å². The maximum atomic E-state index is 5.86. The predicted octanol–water partition coefficient (Wildman–Crippen LogP) is 4.01. The molecular formula is C14H15BrN2O2. The zero-order chi connectivity index (χ0) is 13.7. The summed E-state index contributed by atoms with van der Waals surface area (Å²) in [6, 6.07) is 9.21. The molecule has 0 bridgehead atoms. The van der Waals surface area contributed by atoms with Crippen LogP contribution in [0.2, 0.25) is 0 Å². The summed E-state index contributed by atoms with van der Waals surface area (Å²) in [5, 5.41) is 0. The largest absolute Gasteiger partial charge is 0.490 e. The van der Waals surface area contributed by atoms with Gasteiger partial charge in [0.2, 0.25) is 5.88 Å². The number of benzene rings is 1. The van der Waals surface area contributed by atoms with E-state index in [1.807, 2.05) is 24.3 Å². The number of nitrogen functional groups attached to an aromatic ring is 1. The molecule has 0 radical (unpaired) electrons. The Morgan fingerprint density at radius 3 is 2.68 bits per heavy atom. The smallest absolute Gasteiger partial charge is 0.242 e. The summed E-state index contributed by atoms with van der Waals surface area (Å²) in [6.07, 6.45) is 2.58. The maximum Gasteiger partial charge on any atom is 0.242 e. The lowest BCUT2D eigenvalue weighted by Crippen LogP contribution is -1.99. The molecule has 0 aliphatic rings. The molecular weight excluding hydrogens is 308 g/mol. The van der Waals surface area contributed by atoms with Crippen LogP contribution >= 0.6 is 15.9 Å². The van der Waals surface area contributed by atoms with E-state index in [0.717, 1.165) is 10.9 Å². The standard InChI is InChI=1S/C14H15BrN2O2/c1-2-7-18-12-5-3-4-6-13(12)19-14-11(16)8-10(15)9-17-14/h3-6,8-9H,2,7,16H2,1H3. The van der Waals surface area contributed by atoms with E-state index in [4.69, 9.17) is 15.2 Å². The van der Waals surface area contributed by atoms with E-state index in [1.165, 1.54) is 0 Å². The van der Waals surface area contributed by atoms with E-state index < -0.39 is 0 Å². The molecule has 0 amide bonds. The molecule has 1 heterocycles. The van der Waals surface area contributed by atoms with Crippen LogP contribution in [0.3, 0.4) is 0 Å². The fraction of sp³-hybridized carbons (Fsp3) is 0.214. The summed E-state index contributed by atoms with van der Waals surface area (Å²) in [7, 11) is 0. The lowest BCUT2D eigenvalue weighted by molar-refractivity contribution is 0.301. The Balaban J connectivity index is 2.22. The van der Waals surface area contributed by atoms with Crippen molar-refractivity contribution in [3.05, 3.63) is 41.0 Å². The molecule has 100 valence electrons. The van der Waals surface area contributed by atoms with E-state index in [-0.39, 0.29) is 0 Å². The van der Waals surface area contributed by atoms with Gasteiger partial charge in [-0.1, -0.05) is 19.1 Å². The number of nitrogens with zero attached hydrogens (tertiary/aromatic N) is 1. The van der Waals surface area contributed by atoms with Gasteiger partial charge in [-0.25, -0.2) is 4.98 Å². The number of nitrogens with two attached hydrogens (primary N) is 1. The Labute approximate surface area is 120 Å². The zero-order valence-electron chi connectivity index (χ0n) is 10.6. The highest BCUT2D eigenvalue weighted by Gasteiger charge is 2.09. The molecule has 1 aromatic heterocycles. The van der Waals surface area contributed by atoms with Crippen LogP contribution in [0.1, 0.15) is 13.3 Å². The number of hydrogen-bond donors (Lipinski definition) is 1. The van der Waals surface area contributed by atoms with Crippen molar-refractivity contribution in [3.8, 4) is 17.4 Å². The first-order valence-corrected chi connectivity index (χ1v) is 6.80. The van der Waals surface area contributed by atoms with Gasteiger partial charge in [0.05, 0.1) is 12.3 Å². The van der Waals surface area contributed by atoms with E-state index in [0.29, 0.717) is 29.7 Å². The first-order chi connectivity index (χ1) is 9.20. The second-order valence-electron chi connectivity index (χ2n) is 3.95. The summed E-state index contributed by atoms with van der Waals surface area (Å²) in [5.74, 6) is 1.67. The van der Waals surface area contributed by atoms with Crippen molar-refractivity contribution >= 4 is 21.6 Å². The third kappa shape index (κ3) is 3.61. The van der Waals surface area contributed by atoms with Crippen LogP contribution in [0.15, 0.2) is 41.0 Å². The van der Waals surface area contributed by atoms with Crippen molar-refractivity contribution < 1.29 is 9.47 Å². The number of rotatable bonds is 5. The number of ether oxygens (including phenoxy) is 2. The average Bonchev–Trinajstić information content (AvgIpc) is 2.41. The van der Waals surface area contributed by atoms with Gasteiger partial charge >= 0.3 is 0 Å². The van der Waals surface area contributed by atoms with Gasteiger partial charge in [-0.3, -0.25) is 0 Å². The molecule has 0 saturated heterocycles. The normalized spacial score (nSPS) is 10.2. The average molecular weight is 323 g/mol. The number of pyridine rings is 1. The third-order valence-electron chi connectivity index (χ3n) is 2.36. The highest BCUT2D eigenvalue weighted by molar-refractivity contribution is 9.10. The molecule has 2 N–H and O–H groups in total. The lowest BCUT2D eigenvalue weighted by atomic mass is 10.3. The minimum Gasteiger partial charge on any atom is -0.490 e. The molecule has 4 nitrogen and oxygen atoms in total. The van der Waals surface area contributed by atoms with E-state index in [2.05, 4.69) is 27.8 Å². The van der Waals surface area contributed by atoms with Gasteiger partial charge in [-0.05, 0) is 40.5 Å². The van der Waals surface area contributed by atoms with E-state index in [1.54, 1.807) is 12.3 Å². The third-order valence-corrected chi connectivity index (χ3v) is 2.80. The molecule has 0 aliphatic heterocycles. The number of para-hydroxylation sites is 2. The summed E-state index contributed by atoms with van der Waals surface area (Å²) in [5.41, 5.74) is 6.33. The molecule has 0 saturated carbocycles. The lowest BCUT2D eigenvalue weighted by Gasteiger charge is -2.12. The Kier molecular flexibility index (Phi) is 4.63. The maximum absolute atomic E-state index is 5.86. The van der Waals surface area contributed by atoms with Gasteiger partial charge in [0.25, 0.3) is 0 Å². The predicted molar refractivity (Wildman–Crippen MR) is 78.7 cm³/mol. The van der Waals surface area contributed by atoms with Crippen molar-refractivity contribution in [2.24, 2.45) is 0 Å². The van der Waals surface area contributed by atoms with E-state index >= 15 is 0 Å². The second kappa shape index (κ2) is 6.43. The van der Waals surface area contributed by atoms with Crippen molar-refractivity contribution in [2.75, 3.05) is 12.3 Å². The molecule has 2 aromatic rings. The van der Waals surface area contributed by atoms with E-state index in [9.17, 15) is 0 Å². The van der Waals surface area contributed by atoms with Crippen LogP contribution in [-0.4, -0.2) is 11.6 Å². The Morgan fingerprint density at radius 2 is 2.00 bits per heavy atom. The van der Waals surface area contributed by atoms with Crippen molar-refractivity contribution in [1.29, 1.82) is 0 Å². The number of aromatic nitrogens is 1. The SMILES string of the molecule is CCCOc1ccccc1Oc1ncc(Br)cc1N. The van der Waals surface area contributed by atoms with Gasteiger partial charge in [-0.15, -0.1) is 0 Å². The molecule has 0 atom stereocenters. The Hall–Kier alpha value is -1.75. The molecule has 0 spiro atoms. The molecule has 0 aliphatic carbocycles. The van der Waals surface area contributed by atoms with Crippen molar-refractivity contribution in [2.45, 2.75) is 13.3 Å². The Morgan fingerprint density at radius 1 is 1.26 bits per heavy atom. The monoisotopic (exact) mass is 322 g/mol. The number of hydrogen-bond acceptors (Lipinski definition) is 4. The van der Waals surface area contributed by atoms with Gasteiger partial charge in [-0.2, -0.15) is 0 Å². The first-order valence-electron chi connectivity index (χ1n) is 6.01. The summed E-state index contributed by atoms with van der Waals surface area (Å²) < 4.78 is 12.1. The highest BCUT2D eigenvalue weighted by Crippen LogP contribution is 2.33. The summed E-state index contributed by atoms with van der Waals surface area (Å²) in [6.45, 7) is 2.70. The van der Waals surface area contributed by atoms with Crippen LogP contribution < -0.4 is 15.2 Å². The first kappa shape index (κ1) is 13.7. The molecule has 5 heteroatoms. The summed E-state index contributed by atoms with van der Waals surface area (Å²) in [4.78, 5) is 4.14. The molecule has 1 aromatic carbocycles. The van der Waals surface area contributed by atoms with Crippen LogP contribution in [0.4, 0.5) is 5.69 Å². The summed E-state index contributed by atoms with van der Waals surface area (Å²) >= 11 is 3.31. The topological polar surface area (TPSA) is 57.4 Å². The Bertz CT molecular complexity index is 561. The van der Waals surface area contributed by atoms with Crippen LogP contribution in [0, 0.1) is 0 Å². The molecule has 0 fully saturated rings. The van der Waals surface area contributed by atoms with Gasteiger partial charge in [0, 0.05) is 10.7 Å². The van der Waals surface area contributed by atoms with Gasteiger partial charge in [0.1, 0.15) is 0 Å². The number of anilines is 1. The quantitative estimate of drug-likeness (QED) is 0.903. The minimum atomic E-state index is 0.371. The minimum absolute atomic E-state index is 0.371. The van der Waals surface area contributed by atoms with Crippen molar-refractivity contribution in [1.82, 2.24) is 4.98 Å². The zero-order valence-corrected chi connectivity index (χ0v) is 12.2. The van der Waals surface area contributed by atoms with Crippen LogP contribution in [0.25, 0.3) is 0 Å².